The van der Waals surface area contributed by atoms with Gasteiger partial charge in [0.2, 0.25) is 0 Å². The van der Waals surface area contributed by atoms with E-state index in [1.54, 1.807) is 18.2 Å². The highest BCUT2D eigenvalue weighted by molar-refractivity contribution is 9.11. The van der Waals surface area contributed by atoms with Gasteiger partial charge in [-0.25, -0.2) is 9.82 Å². The molecule has 19 heavy (non-hydrogen) atoms. The number of halogens is 4. The molecule has 1 unspecified atom stereocenters. The standard InChI is InChI=1S/C13H10Br3FN2/c14-7-4-5-10(15)9(6-7)13(19-18)8-2-1-3-11(16)12(8)17/h1-6,13,19H,18H2. The van der Waals surface area contributed by atoms with E-state index < -0.39 is 6.04 Å². The lowest BCUT2D eigenvalue weighted by Crippen LogP contribution is -2.29. The molecule has 100 valence electrons. The summed E-state index contributed by atoms with van der Waals surface area (Å²) >= 11 is 10.1. The summed E-state index contributed by atoms with van der Waals surface area (Å²) in [5.41, 5.74) is 4.00. The molecule has 2 aromatic rings. The van der Waals surface area contributed by atoms with Crippen molar-refractivity contribution < 1.29 is 4.39 Å². The Morgan fingerprint density at radius 2 is 1.74 bits per heavy atom. The van der Waals surface area contributed by atoms with Crippen LogP contribution >= 0.6 is 47.8 Å². The van der Waals surface area contributed by atoms with Crippen molar-refractivity contribution in [1.82, 2.24) is 5.43 Å². The summed E-state index contributed by atoms with van der Waals surface area (Å²) < 4.78 is 16.4. The minimum absolute atomic E-state index is 0.322. The number of hydrogen-bond acceptors (Lipinski definition) is 2. The van der Waals surface area contributed by atoms with E-state index >= 15 is 0 Å². The lowest BCUT2D eigenvalue weighted by molar-refractivity contribution is 0.555. The highest BCUT2D eigenvalue weighted by atomic mass is 79.9. The van der Waals surface area contributed by atoms with Crippen molar-refractivity contribution in [3.05, 3.63) is 66.8 Å². The average molecular weight is 453 g/mol. The lowest BCUT2D eigenvalue weighted by Gasteiger charge is -2.19. The van der Waals surface area contributed by atoms with Crippen LogP contribution in [-0.4, -0.2) is 0 Å². The molecule has 3 N–H and O–H groups in total. The van der Waals surface area contributed by atoms with E-state index in [1.165, 1.54) is 0 Å². The molecular formula is C13H10Br3FN2. The fourth-order valence-electron chi connectivity index (χ4n) is 1.83. The van der Waals surface area contributed by atoms with Gasteiger partial charge in [-0.05, 0) is 45.8 Å². The van der Waals surface area contributed by atoms with Crippen LogP contribution in [0, 0.1) is 5.82 Å². The van der Waals surface area contributed by atoms with Crippen molar-refractivity contribution in [2.45, 2.75) is 6.04 Å². The Bertz CT molecular complexity index is 602. The maximum absolute atomic E-state index is 14.2. The van der Waals surface area contributed by atoms with E-state index in [9.17, 15) is 4.39 Å². The van der Waals surface area contributed by atoms with E-state index in [1.807, 2.05) is 18.2 Å². The number of hydrogen-bond donors (Lipinski definition) is 2. The van der Waals surface area contributed by atoms with Crippen LogP contribution in [0.15, 0.2) is 49.8 Å². The predicted octanol–water partition coefficient (Wildman–Crippen LogP) is 4.67. The number of nitrogens with two attached hydrogens (primary N) is 1. The molecule has 2 nitrogen and oxygen atoms in total. The van der Waals surface area contributed by atoms with E-state index in [0.717, 1.165) is 14.5 Å². The van der Waals surface area contributed by atoms with Gasteiger partial charge in [-0.1, -0.05) is 44.0 Å². The van der Waals surface area contributed by atoms with Gasteiger partial charge in [-0.2, -0.15) is 0 Å². The third-order valence-corrected chi connectivity index (χ3v) is 4.56. The molecule has 6 heteroatoms. The van der Waals surface area contributed by atoms with Crippen molar-refractivity contribution in [3.63, 3.8) is 0 Å². The van der Waals surface area contributed by atoms with Crippen LogP contribution in [0.25, 0.3) is 0 Å². The molecule has 0 bridgehead atoms. The summed E-state index contributed by atoms with van der Waals surface area (Å²) in [4.78, 5) is 0. The molecule has 0 saturated carbocycles. The van der Waals surface area contributed by atoms with Gasteiger partial charge in [0, 0.05) is 14.5 Å². The molecule has 2 rings (SSSR count). The van der Waals surface area contributed by atoms with Gasteiger partial charge in [0.1, 0.15) is 5.82 Å². The van der Waals surface area contributed by atoms with Crippen LogP contribution in [-0.2, 0) is 0 Å². The SMILES string of the molecule is NNC(c1cc(Br)ccc1Br)c1cccc(Br)c1F. The van der Waals surface area contributed by atoms with E-state index in [0.29, 0.717) is 10.0 Å². The van der Waals surface area contributed by atoms with Gasteiger partial charge < -0.3 is 0 Å². The Hall–Kier alpha value is -0.270. The summed E-state index contributed by atoms with van der Waals surface area (Å²) in [7, 11) is 0. The third kappa shape index (κ3) is 3.25. The molecule has 0 heterocycles. The average Bonchev–Trinajstić information content (AvgIpc) is 2.39. The largest absolute Gasteiger partial charge is 0.271 e. The second-order valence-corrected chi connectivity index (χ2v) is 6.53. The molecule has 0 fully saturated rings. The monoisotopic (exact) mass is 450 g/mol. The lowest BCUT2D eigenvalue weighted by atomic mass is 9.99. The van der Waals surface area contributed by atoms with Gasteiger partial charge >= 0.3 is 0 Å². The first kappa shape index (κ1) is 15.1. The Labute approximate surface area is 135 Å². The fourth-order valence-corrected chi connectivity index (χ4v) is 3.06. The van der Waals surface area contributed by atoms with Crippen molar-refractivity contribution in [2.75, 3.05) is 0 Å². The molecule has 1 atom stereocenters. The Balaban J connectivity index is 2.56. The summed E-state index contributed by atoms with van der Waals surface area (Å²) in [6.45, 7) is 0. The van der Waals surface area contributed by atoms with Crippen molar-refractivity contribution in [1.29, 1.82) is 0 Å². The molecular weight excluding hydrogens is 443 g/mol. The minimum atomic E-state index is -0.440. The summed E-state index contributed by atoms with van der Waals surface area (Å²) in [6, 6.07) is 10.4. The zero-order chi connectivity index (χ0) is 14.0. The van der Waals surface area contributed by atoms with Crippen LogP contribution < -0.4 is 11.3 Å². The maximum Gasteiger partial charge on any atom is 0.142 e. The quantitative estimate of drug-likeness (QED) is 0.525. The second-order valence-electron chi connectivity index (χ2n) is 3.91. The first-order chi connectivity index (χ1) is 9.04. The molecule has 0 aromatic heterocycles. The van der Waals surface area contributed by atoms with E-state index in [2.05, 4.69) is 53.2 Å². The van der Waals surface area contributed by atoms with Gasteiger partial charge in [-0.3, -0.25) is 5.84 Å². The van der Waals surface area contributed by atoms with Gasteiger partial charge in [0.25, 0.3) is 0 Å². The number of rotatable bonds is 3. The van der Waals surface area contributed by atoms with E-state index in [4.69, 9.17) is 5.84 Å². The Morgan fingerprint density at radius 1 is 1.00 bits per heavy atom. The first-order valence-corrected chi connectivity index (χ1v) is 7.77. The van der Waals surface area contributed by atoms with Crippen molar-refractivity contribution in [3.8, 4) is 0 Å². The second kappa shape index (κ2) is 6.45. The van der Waals surface area contributed by atoms with E-state index in [-0.39, 0.29) is 5.82 Å². The predicted molar refractivity (Wildman–Crippen MR) is 85.1 cm³/mol. The van der Waals surface area contributed by atoms with Crippen LogP contribution in [0.4, 0.5) is 4.39 Å². The number of hydrazine groups is 1. The zero-order valence-electron chi connectivity index (χ0n) is 9.63. The fraction of sp³-hybridized carbons (Fsp3) is 0.0769. The van der Waals surface area contributed by atoms with Crippen LogP contribution in [0.3, 0.4) is 0 Å². The molecule has 0 saturated heterocycles. The smallest absolute Gasteiger partial charge is 0.142 e. The summed E-state index contributed by atoms with van der Waals surface area (Å²) in [5, 5.41) is 0. The van der Waals surface area contributed by atoms with Crippen LogP contribution in [0.2, 0.25) is 0 Å². The minimum Gasteiger partial charge on any atom is -0.271 e. The molecule has 0 aliphatic carbocycles. The van der Waals surface area contributed by atoms with Crippen molar-refractivity contribution >= 4 is 47.8 Å². The Kier molecular flexibility index (Phi) is 5.14. The third-order valence-electron chi connectivity index (χ3n) is 2.73. The van der Waals surface area contributed by atoms with Gasteiger partial charge in [-0.15, -0.1) is 0 Å². The highest BCUT2D eigenvalue weighted by Gasteiger charge is 2.20. The number of nitrogens with one attached hydrogen (secondary N) is 1. The number of benzene rings is 2. The zero-order valence-corrected chi connectivity index (χ0v) is 14.4. The highest BCUT2D eigenvalue weighted by Crippen LogP contribution is 2.33. The molecule has 0 amide bonds. The molecule has 0 aliphatic rings. The molecule has 2 aromatic carbocycles. The Morgan fingerprint density at radius 3 is 2.42 bits per heavy atom. The molecule has 0 aliphatic heterocycles. The van der Waals surface area contributed by atoms with Gasteiger partial charge in [0.05, 0.1) is 10.5 Å². The topological polar surface area (TPSA) is 38.0 Å². The van der Waals surface area contributed by atoms with Gasteiger partial charge in [0.15, 0.2) is 0 Å². The van der Waals surface area contributed by atoms with Crippen LogP contribution in [0.1, 0.15) is 17.2 Å². The summed E-state index contributed by atoms with van der Waals surface area (Å²) in [6.07, 6.45) is 0. The maximum atomic E-state index is 14.2. The first-order valence-electron chi connectivity index (χ1n) is 5.39. The molecule has 0 spiro atoms. The summed E-state index contributed by atoms with van der Waals surface area (Å²) in [5.74, 6) is 5.28. The normalized spacial score (nSPS) is 12.5. The van der Waals surface area contributed by atoms with Crippen molar-refractivity contribution in [2.24, 2.45) is 5.84 Å². The van der Waals surface area contributed by atoms with Crippen LogP contribution in [0.5, 0.6) is 0 Å². The molecule has 0 radical (unpaired) electrons.